The van der Waals surface area contributed by atoms with Crippen LogP contribution in [0.4, 0.5) is 0 Å². The van der Waals surface area contributed by atoms with Crippen LogP contribution >= 0.6 is 22.7 Å². The van der Waals surface area contributed by atoms with Crippen LogP contribution in [0.2, 0.25) is 0 Å². The van der Waals surface area contributed by atoms with Crippen molar-refractivity contribution in [2.45, 2.75) is 19.8 Å². The maximum absolute atomic E-state index is 12.2. The molecule has 0 saturated heterocycles. The molecule has 0 spiro atoms. The number of rotatable bonds is 0. The fourth-order valence-corrected chi connectivity index (χ4v) is 5.85. The Bertz CT molecular complexity index is 793. The maximum Gasteiger partial charge on any atom is 0.176 e. The summed E-state index contributed by atoms with van der Waals surface area (Å²) >= 11 is 3.54. The Morgan fingerprint density at radius 1 is 1.00 bits per heavy atom. The van der Waals surface area contributed by atoms with E-state index in [9.17, 15) is 4.79 Å². The van der Waals surface area contributed by atoms with Gasteiger partial charge in [0.05, 0.1) is 14.3 Å². The van der Waals surface area contributed by atoms with Gasteiger partial charge in [0, 0.05) is 16.0 Å². The molecule has 0 radical (unpaired) electrons. The fraction of sp³-hybridized carbons (Fsp3) is 0.267. The lowest BCUT2D eigenvalue weighted by molar-refractivity contribution is 0.0940. The number of benzene rings is 1. The van der Waals surface area contributed by atoms with E-state index in [2.05, 4.69) is 38.1 Å². The minimum Gasteiger partial charge on any atom is -0.293 e. The lowest BCUT2D eigenvalue weighted by Crippen LogP contribution is -2.06. The number of hydrogen-bond donors (Lipinski definition) is 0. The summed E-state index contributed by atoms with van der Waals surface area (Å²) in [6.45, 7) is 4.24. The van der Waals surface area contributed by atoms with Crippen molar-refractivity contribution in [3.63, 3.8) is 0 Å². The quantitative estimate of drug-likeness (QED) is 0.559. The molecule has 1 aromatic carbocycles. The lowest BCUT2D eigenvalue weighted by atomic mass is 9.96. The summed E-state index contributed by atoms with van der Waals surface area (Å²) in [6.07, 6.45) is 0. The van der Waals surface area contributed by atoms with E-state index in [1.807, 2.05) is 11.3 Å². The molecule has 1 nitrogen and oxygen atoms in total. The standard InChI is InChI=1S/C15H12OS2/c1-7-8(2)12(16)14-11(7)15-13(18-14)9-5-3-4-6-10(9)17-15/h3-8H,1-2H3. The third kappa shape index (κ3) is 1.14. The predicted molar refractivity (Wildman–Crippen MR) is 79.1 cm³/mol. The molecular weight excluding hydrogens is 260 g/mol. The second kappa shape index (κ2) is 3.43. The monoisotopic (exact) mass is 272 g/mol. The molecule has 18 heavy (non-hydrogen) atoms. The Balaban J connectivity index is 2.16. The molecule has 1 aliphatic carbocycles. The van der Waals surface area contributed by atoms with Crippen LogP contribution in [-0.4, -0.2) is 5.78 Å². The third-order valence-corrected chi connectivity index (χ3v) is 6.67. The van der Waals surface area contributed by atoms with E-state index in [4.69, 9.17) is 0 Å². The summed E-state index contributed by atoms with van der Waals surface area (Å²) < 4.78 is 4.00. The average molecular weight is 272 g/mol. The second-order valence-electron chi connectivity index (χ2n) is 5.04. The summed E-state index contributed by atoms with van der Waals surface area (Å²) in [5.74, 6) is 0.866. The highest BCUT2D eigenvalue weighted by atomic mass is 32.1. The van der Waals surface area contributed by atoms with Crippen molar-refractivity contribution in [2.24, 2.45) is 5.92 Å². The van der Waals surface area contributed by atoms with Crippen molar-refractivity contribution < 1.29 is 4.79 Å². The molecule has 3 aromatic rings. The molecule has 2 heterocycles. The van der Waals surface area contributed by atoms with Gasteiger partial charge in [-0.3, -0.25) is 4.79 Å². The number of carbonyl (C=O) groups is 1. The zero-order chi connectivity index (χ0) is 12.4. The summed E-state index contributed by atoms with van der Waals surface area (Å²) in [4.78, 5) is 13.2. The molecule has 3 heteroatoms. The molecule has 2 aromatic heterocycles. The molecule has 0 saturated carbocycles. The van der Waals surface area contributed by atoms with Crippen LogP contribution < -0.4 is 0 Å². The normalized spacial score (nSPS) is 23.1. The van der Waals surface area contributed by atoms with E-state index in [1.165, 1.54) is 25.0 Å². The topological polar surface area (TPSA) is 17.1 Å². The van der Waals surface area contributed by atoms with Crippen molar-refractivity contribution in [3.05, 3.63) is 34.7 Å². The molecule has 0 aliphatic heterocycles. The minimum absolute atomic E-state index is 0.154. The molecule has 90 valence electrons. The predicted octanol–water partition coefficient (Wildman–Crippen LogP) is 5.05. The van der Waals surface area contributed by atoms with E-state index in [-0.39, 0.29) is 5.92 Å². The zero-order valence-electron chi connectivity index (χ0n) is 10.2. The van der Waals surface area contributed by atoms with E-state index < -0.39 is 0 Å². The van der Waals surface area contributed by atoms with Gasteiger partial charge < -0.3 is 0 Å². The van der Waals surface area contributed by atoms with E-state index in [0.29, 0.717) is 11.7 Å². The van der Waals surface area contributed by atoms with Crippen molar-refractivity contribution in [1.29, 1.82) is 0 Å². The Kier molecular flexibility index (Phi) is 2.04. The second-order valence-corrected chi connectivity index (χ2v) is 7.12. The molecule has 2 atom stereocenters. The summed E-state index contributed by atoms with van der Waals surface area (Å²) in [6, 6.07) is 8.50. The van der Waals surface area contributed by atoms with Gasteiger partial charge in [-0.05, 0) is 17.5 Å². The van der Waals surface area contributed by atoms with Gasteiger partial charge in [0.1, 0.15) is 0 Å². The van der Waals surface area contributed by atoms with Crippen molar-refractivity contribution >= 4 is 47.9 Å². The van der Waals surface area contributed by atoms with Gasteiger partial charge in [-0.25, -0.2) is 0 Å². The highest BCUT2D eigenvalue weighted by Crippen LogP contribution is 2.51. The highest BCUT2D eigenvalue weighted by Gasteiger charge is 2.38. The first-order valence-electron chi connectivity index (χ1n) is 6.16. The molecule has 0 N–H and O–H groups in total. The van der Waals surface area contributed by atoms with Crippen molar-refractivity contribution in [3.8, 4) is 0 Å². The van der Waals surface area contributed by atoms with Gasteiger partial charge in [0.15, 0.2) is 5.78 Å². The van der Waals surface area contributed by atoms with Crippen molar-refractivity contribution in [1.82, 2.24) is 0 Å². The van der Waals surface area contributed by atoms with Gasteiger partial charge in [-0.2, -0.15) is 0 Å². The first-order valence-corrected chi connectivity index (χ1v) is 7.80. The van der Waals surface area contributed by atoms with Crippen LogP contribution in [0.15, 0.2) is 24.3 Å². The van der Waals surface area contributed by atoms with Crippen LogP contribution in [0.5, 0.6) is 0 Å². The zero-order valence-corrected chi connectivity index (χ0v) is 11.8. The van der Waals surface area contributed by atoms with Gasteiger partial charge in [-0.1, -0.05) is 32.0 Å². The number of fused-ring (bicyclic) bond motifs is 5. The summed E-state index contributed by atoms with van der Waals surface area (Å²) in [5, 5.41) is 1.31. The molecule has 1 aliphatic rings. The number of ketones is 1. The van der Waals surface area contributed by atoms with Crippen LogP contribution in [-0.2, 0) is 0 Å². The fourth-order valence-electron chi connectivity index (χ4n) is 2.84. The Labute approximate surface area is 113 Å². The number of hydrogen-bond acceptors (Lipinski definition) is 3. The Morgan fingerprint density at radius 2 is 1.78 bits per heavy atom. The van der Waals surface area contributed by atoms with Gasteiger partial charge in [0.25, 0.3) is 0 Å². The SMILES string of the molecule is CC1C(=O)c2sc3c(sc4ccccc43)c2C1C. The molecule has 4 rings (SSSR count). The van der Waals surface area contributed by atoms with Crippen LogP contribution in [0, 0.1) is 5.92 Å². The van der Waals surface area contributed by atoms with E-state index in [1.54, 1.807) is 11.3 Å². The molecule has 2 unspecified atom stereocenters. The Morgan fingerprint density at radius 3 is 2.61 bits per heavy atom. The van der Waals surface area contributed by atoms with E-state index in [0.717, 1.165) is 4.88 Å². The van der Waals surface area contributed by atoms with Gasteiger partial charge in [-0.15, -0.1) is 22.7 Å². The van der Waals surface area contributed by atoms with Gasteiger partial charge in [0.2, 0.25) is 0 Å². The van der Waals surface area contributed by atoms with Crippen LogP contribution in [0.25, 0.3) is 19.5 Å². The smallest absolute Gasteiger partial charge is 0.176 e. The third-order valence-electron chi connectivity index (χ3n) is 4.09. The molecule has 0 fully saturated rings. The molecule has 0 amide bonds. The summed E-state index contributed by atoms with van der Waals surface area (Å²) in [5.41, 5.74) is 1.31. The average Bonchev–Trinajstić information content (AvgIpc) is 2.96. The lowest BCUT2D eigenvalue weighted by Gasteiger charge is -2.07. The van der Waals surface area contributed by atoms with Gasteiger partial charge >= 0.3 is 0 Å². The minimum atomic E-state index is 0.154. The van der Waals surface area contributed by atoms with E-state index >= 15 is 0 Å². The first kappa shape index (κ1) is 10.7. The highest BCUT2D eigenvalue weighted by molar-refractivity contribution is 7.33. The molecule has 0 bridgehead atoms. The number of Topliss-reactive ketones (excluding diaryl/α,β-unsaturated/α-hetero) is 1. The number of carbonyl (C=O) groups excluding carboxylic acids is 1. The van der Waals surface area contributed by atoms with Crippen LogP contribution in [0.1, 0.15) is 35.0 Å². The maximum atomic E-state index is 12.2. The first-order chi connectivity index (χ1) is 8.68. The van der Waals surface area contributed by atoms with Crippen LogP contribution in [0.3, 0.4) is 0 Å². The van der Waals surface area contributed by atoms with Crippen molar-refractivity contribution in [2.75, 3.05) is 0 Å². The summed E-state index contributed by atoms with van der Waals surface area (Å²) in [7, 11) is 0. The molecular formula is C15H12OS2. The largest absolute Gasteiger partial charge is 0.293 e. The number of thiophene rings is 2. The Hall–Kier alpha value is -1.19.